The summed E-state index contributed by atoms with van der Waals surface area (Å²) in [6.07, 6.45) is 4.21. The highest BCUT2D eigenvalue weighted by atomic mass is 16.3. The van der Waals surface area contributed by atoms with Crippen molar-refractivity contribution in [1.29, 1.82) is 5.26 Å². The van der Waals surface area contributed by atoms with Crippen LogP contribution < -0.4 is 0 Å². The van der Waals surface area contributed by atoms with Gasteiger partial charge in [0.15, 0.2) is 0 Å². The smallest absolute Gasteiger partial charge is 0.234 e. The molecule has 3 rings (SSSR count). The SMILES string of the molecule is CCc1c(C(=O)c2ccc(O)c(C#N)c2)nc2ncc(C)cn12. The Morgan fingerprint density at radius 3 is 2.91 bits per heavy atom. The molecule has 6 heteroatoms. The van der Waals surface area contributed by atoms with E-state index in [-0.39, 0.29) is 17.1 Å². The first-order chi connectivity index (χ1) is 11.0. The molecule has 2 heterocycles. The van der Waals surface area contributed by atoms with Gasteiger partial charge in [-0.15, -0.1) is 0 Å². The number of fused-ring (bicyclic) bond motifs is 1. The van der Waals surface area contributed by atoms with E-state index in [2.05, 4.69) is 9.97 Å². The number of aromatic hydroxyl groups is 1. The summed E-state index contributed by atoms with van der Waals surface area (Å²) in [7, 11) is 0. The summed E-state index contributed by atoms with van der Waals surface area (Å²) in [5.41, 5.74) is 2.44. The van der Waals surface area contributed by atoms with Crippen LogP contribution in [0.4, 0.5) is 0 Å². The van der Waals surface area contributed by atoms with Crippen LogP contribution >= 0.6 is 0 Å². The maximum atomic E-state index is 12.8. The Kier molecular flexibility index (Phi) is 3.54. The average molecular weight is 306 g/mol. The number of phenols is 1. The van der Waals surface area contributed by atoms with Crippen molar-refractivity contribution in [3.63, 3.8) is 0 Å². The number of ketones is 1. The molecule has 0 saturated heterocycles. The second-order valence-corrected chi connectivity index (χ2v) is 5.23. The molecule has 0 saturated carbocycles. The molecule has 6 nitrogen and oxygen atoms in total. The second kappa shape index (κ2) is 5.54. The van der Waals surface area contributed by atoms with E-state index in [1.807, 2.05) is 30.5 Å². The molecule has 0 spiro atoms. The zero-order valence-electron chi connectivity index (χ0n) is 12.7. The average Bonchev–Trinajstić information content (AvgIpc) is 2.92. The predicted octanol–water partition coefficient (Wildman–Crippen LogP) is 2.41. The number of nitriles is 1. The Hall–Kier alpha value is -3.20. The number of phenolic OH excluding ortho intramolecular Hbond substituents is 1. The number of carbonyl (C=O) groups excluding carboxylic acids is 1. The number of carbonyl (C=O) groups is 1. The third-order valence-electron chi connectivity index (χ3n) is 3.64. The van der Waals surface area contributed by atoms with Crippen molar-refractivity contribution in [2.75, 3.05) is 0 Å². The van der Waals surface area contributed by atoms with Crippen LogP contribution in [0.2, 0.25) is 0 Å². The lowest BCUT2D eigenvalue weighted by atomic mass is 10.0. The normalized spacial score (nSPS) is 10.7. The highest BCUT2D eigenvalue weighted by Crippen LogP contribution is 2.21. The number of hydrogen-bond donors (Lipinski definition) is 1. The van der Waals surface area contributed by atoms with Crippen molar-refractivity contribution < 1.29 is 9.90 Å². The molecule has 0 aliphatic rings. The van der Waals surface area contributed by atoms with Gasteiger partial charge >= 0.3 is 0 Å². The van der Waals surface area contributed by atoms with Crippen molar-refractivity contribution in [2.24, 2.45) is 0 Å². The first-order valence-corrected chi connectivity index (χ1v) is 7.16. The Balaban J connectivity index is 2.16. The van der Waals surface area contributed by atoms with Crippen LogP contribution in [-0.4, -0.2) is 25.3 Å². The van der Waals surface area contributed by atoms with Crippen LogP contribution in [-0.2, 0) is 6.42 Å². The van der Waals surface area contributed by atoms with Gasteiger partial charge in [-0.05, 0) is 37.1 Å². The second-order valence-electron chi connectivity index (χ2n) is 5.23. The van der Waals surface area contributed by atoms with Gasteiger partial charge in [0.05, 0.1) is 11.3 Å². The van der Waals surface area contributed by atoms with Gasteiger partial charge in [-0.2, -0.15) is 5.26 Å². The fourth-order valence-corrected chi connectivity index (χ4v) is 2.50. The zero-order chi connectivity index (χ0) is 16.6. The summed E-state index contributed by atoms with van der Waals surface area (Å²) in [4.78, 5) is 21.3. The summed E-state index contributed by atoms with van der Waals surface area (Å²) >= 11 is 0. The van der Waals surface area contributed by atoms with E-state index in [0.29, 0.717) is 23.5 Å². The maximum Gasteiger partial charge on any atom is 0.234 e. The molecule has 0 aliphatic heterocycles. The topological polar surface area (TPSA) is 91.3 Å². The van der Waals surface area contributed by atoms with Crippen LogP contribution in [0.3, 0.4) is 0 Å². The van der Waals surface area contributed by atoms with Gasteiger partial charge in [0.1, 0.15) is 17.5 Å². The van der Waals surface area contributed by atoms with E-state index in [4.69, 9.17) is 5.26 Å². The first-order valence-electron chi connectivity index (χ1n) is 7.16. The standard InChI is InChI=1S/C17H14N4O2/c1-3-13-15(20-17-19-8-10(2)9-21(13)17)16(23)11-4-5-14(22)12(6-11)7-18/h4-6,8-9,22H,3H2,1-2H3. The van der Waals surface area contributed by atoms with Crippen molar-refractivity contribution in [3.8, 4) is 11.8 Å². The van der Waals surface area contributed by atoms with Gasteiger partial charge in [0.25, 0.3) is 0 Å². The van der Waals surface area contributed by atoms with Crippen LogP contribution in [0.15, 0.2) is 30.6 Å². The van der Waals surface area contributed by atoms with E-state index in [0.717, 1.165) is 11.3 Å². The van der Waals surface area contributed by atoms with Crippen molar-refractivity contribution >= 4 is 11.6 Å². The van der Waals surface area contributed by atoms with Crippen LogP contribution in [0.5, 0.6) is 5.75 Å². The highest BCUT2D eigenvalue weighted by Gasteiger charge is 2.20. The molecule has 0 atom stereocenters. The van der Waals surface area contributed by atoms with E-state index in [1.165, 1.54) is 18.2 Å². The van der Waals surface area contributed by atoms with Crippen LogP contribution in [0.1, 0.15) is 39.8 Å². The Labute approximate surface area is 132 Å². The van der Waals surface area contributed by atoms with Gasteiger partial charge in [-0.25, -0.2) is 9.97 Å². The maximum absolute atomic E-state index is 12.8. The van der Waals surface area contributed by atoms with Gasteiger partial charge in [-0.1, -0.05) is 6.92 Å². The highest BCUT2D eigenvalue weighted by molar-refractivity contribution is 6.09. The van der Waals surface area contributed by atoms with E-state index in [9.17, 15) is 9.90 Å². The molecule has 23 heavy (non-hydrogen) atoms. The summed E-state index contributed by atoms with van der Waals surface area (Å²) < 4.78 is 1.81. The van der Waals surface area contributed by atoms with Gasteiger partial charge < -0.3 is 5.11 Å². The molecule has 0 fully saturated rings. The van der Waals surface area contributed by atoms with Gasteiger partial charge in [0.2, 0.25) is 11.6 Å². The summed E-state index contributed by atoms with van der Waals surface area (Å²) in [5.74, 6) is 0.0312. The lowest BCUT2D eigenvalue weighted by Gasteiger charge is -2.03. The number of aryl methyl sites for hydroxylation is 2. The van der Waals surface area contributed by atoms with Crippen LogP contribution in [0, 0.1) is 18.3 Å². The van der Waals surface area contributed by atoms with Gasteiger partial charge in [0, 0.05) is 18.0 Å². The third kappa shape index (κ3) is 2.42. The molecule has 3 aromatic rings. The van der Waals surface area contributed by atoms with Gasteiger partial charge in [-0.3, -0.25) is 9.20 Å². The number of imidazole rings is 1. The molecule has 114 valence electrons. The number of rotatable bonds is 3. The number of nitrogens with zero attached hydrogens (tertiary/aromatic N) is 4. The van der Waals surface area contributed by atoms with E-state index >= 15 is 0 Å². The zero-order valence-corrected chi connectivity index (χ0v) is 12.7. The Morgan fingerprint density at radius 1 is 1.43 bits per heavy atom. The summed E-state index contributed by atoms with van der Waals surface area (Å²) in [6, 6.07) is 6.07. The predicted molar refractivity (Wildman–Crippen MR) is 83.4 cm³/mol. The minimum absolute atomic E-state index is 0.0617. The molecule has 0 unspecified atom stereocenters. The van der Waals surface area contributed by atoms with Crippen molar-refractivity contribution in [2.45, 2.75) is 20.3 Å². The number of benzene rings is 1. The number of hydrogen-bond acceptors (Lipinski definition) is 5. The molecule has 1 N–H and O–H groups in total. The quantitative estimate of drug-likeness (QED) is 0.750. The van der Waals surface area contributed by atoms with E-state index < -0.39 is 0 Å². The Morgan fingerprint density at radius 2 is 2.22 bits per heavy atom. The first kappa shape index (κ1) is 14.7. The molecule has 0 bridgehead atoms. The monoisotopic (exact) mass is 306 g/mol. The molecule has 2 aromatic heterocycles. The number of aromatic nitrogens is 3. The van der Waals surface area contributed by atoms with Crippen molar-refractivity contribution in [3.05, 3.63) is 58.7 Å². The minimum atomic E-state index is -0.290. The lowest BCUT2D eigenvalue weighted by Crippen LogP contribution is -2.06. The molecule has 0 amide bonds. The Bertz CT molecular complexity index is 967. The largest absolute Gasteiger partial charge is 0.507 e. The lowest BCUT2D eigenvalue weighted by molar-refractivity contribution is 0.103. The van der Waals surface area contributed by atoms with Crippen molar-refractivity contribution in [1.82, 2.24) is 14.4 Å². The van der Waals surface area contributed by atoms with Crippen LogP contribution in [0.25, 0.3) is 5.78 Å². The molecular formula is C17H14N4O2. The molecule has 0 radical (unpaired) electrons. The van der Waals surface area contributed by atoms with E-state index in [1.54, 1.807) is 6.20 Å². The summed E-state index contributed by atoms with van der Waals surface area (Å²) in [5, 5.41) is 18.6. The summed E-state index contributed by atoms with van der Waals surface area (Å²) in [6.45, 7) is 3.87. The molecule has 0 aliphatic carbocycles. The fourth-order valence-electron chi connectivity index (χ4n) is 2.50. The fraction of sp³-hybridized carbons (Fsp3) is 0.176. The minimum Gasteiger partial charge on any atom is -0.507 e. The molecular weight excluding hydrogens is 292 g/mol. The molecule has 1 aromatic carbocycles. The third-order valence-corrected chi connectivity index (χ3v) is 3.64.